The second-order valence-corrected chi connectivity index (χ2v) is 10.2. The fourth-order valence-electron chi connectivity index (χ4n) is 3.84. The van der Waals surface area contributed by atoms with Gasteiger partial charge in [0.25, 0.3) is 5.56 Å². The van der Waals surface area contributed by atoms with Crippen molar-refractivity contribution in [3.8, 4) is 0 Å². The van der Waals surface area contributed by atoms with Crippen LogP contribution in [0.5, 0.6) is 0 Å². The normalized spacial score (nSPS) is 18.9. The minimum atomic E-state index is -0.00927. The molecule has 1 aliphatic carbocycles. The molecule has 0 amide bonds. The Hall–Kier alpha value is -1.24. The van der Waals surface area contributed by atoms with Gasteiger partial charge in [0, 0.05) is 21.3 Å². The monoisotopic (exact) mass is 400 g/mol. The lowest BCUT2D eigenvalue weighted by Crippen LogP contribution is -2.17. The molecule has 3 aromatic rings. The lowest BCUT2D eigenvalue weighted by atomic mass is 9.97. The zero-order chi connectivity index (χ0) is 17.7. The Balaban J connectivity index is 1.52. The topological polar surface area (TPSA) is 34.9 Å². The van der Waals surface area contributed by atoms with Crippen LogP contribution in [-0.4, -0.2) is 21.1 Å². The SMILES string of the molecule is Cc1ccc(SC[C@H]2CSc3nc(=O)c4c5c(sc4n32)CCCC5)cc1. The van der Waals surface area contributed by atoms with Gasteiger partial charge in [0.05, 0.1) is 11.4 Å². The third kappa shape index (κ3) is 2.83. The maximum atomic E-state index is 12.7. The number of hydrogen-bond acceptors (Lipinski definition) is 5. The quantitative estimate of drug-likeness (QED) is 0.453. The zero-order valence-corrected chi connectivity index (χ0v) is 17.1. The Labute approximate surface area is 165 Å². The molecule has 1 aliphatic heterocycles. The number of rotatable bonds is 3. The van der Waals surface area contributed by atoms with Gasteiger partial charge in [-0.1, -0.05) is 29.5 Å². The van der Waals surface area contributed by atoms with E-state index < -0.39 is 0 Å². The number of aryl methyl sites for hydroxylation is 3. The van der Waals surface area contributed by atoms with Gasteiger partial charge in [-0.15, -0.1) is 23.1 Å². The highest BCUT2D eigenvalue weighted by Crippen LogP contribution is 2.42. The highest BCUT2D eigenvalue weighted by Gasteiger charge is 2.29. The molecule has 0 bridgehead atoms. The second-order valence-electron chi connectivity index (χ2n) is 7.05. The van der Waals surface area contributed by atoms with Crippen LogP contribution in [0, 0.1) is 6.92 Å². The minimum Gasteiger partial charge on any atom is -0.307 e. The van der Waals surface area contributed by atoms with E-state index >= 15 is 0 Å². The smallest absolute Gasteiger partial charge is 0.282 e. The van der Waals surface area contributed by atoms with E-state index in [4.69, 9.17) is 0 Å². The summed E-state index contributed by atoms with van der Waals surface area (Å²) in [5.74, 6) is 2.03. The van der Waals surface area contributed by atoms with Gasteiger partial charge in [-0.05, 0) is 50.3 Å². The molecule has 1 atom stereocenters. The Morgan fingerprint density at radius 1 is 1.23 bits per heavy atom. The third-order valence-electron chi connectivity index (χ3n) is 5.22. The highest BCUT2D eigenvalue weighted by molar-refractivity contribution is 8.00. The van der Waals surface area contributed by atoms with Gasteiger partial charge in [0.2, 0.25) is 0 Å². The van der Waals surface area contributed by atoms with Crippen LogP contribution in [0.15, 0.2) is 39.1 Å². The summed E-state index contributed by atoms with van der Waals surface area (Å²) in [6, 6.07) is 9.14. The van der Waals surface area contributed by atoms with Gasteiger partial charge < -0.3 is 4.57 Å². The van der Waals surface area contributed by atoms with E-state index in [1.54, 1.807) is 11.8 Å². The molecule has 0 unspecified atom stereocenters. The molecule has 6 heteroatoms. The Bertz CT molecular complexity index is 1040. The largest absolute Gasteiger partial charge is 0.307 e. The summed E-state index contributed by atoms with van der Waals surface area (Å²) in [7, 11) is 0. The molecule has 0 saturated carbocycles. The molecule has 0 spiro atoms. The number of benzene rings is 1. The maximum absolute atomic E-state index is 12.7. The summed E-state index contributed by atoms with van der Waals surface area (Å²) in [6.07, 6.45) is 4.61. The van der Waals surface area contributed by atoms with Crippen LogP contribution in [0.1, 0.15) is 34.9 Å². The van der Waals surface area contributed by atoms with Crippen molar-refractivity contribution in [2.45, 2.75) is 48.7 Å². The number of hydrogen-bond donors (Lipinski definition) is 0. The molecule has 3 nitrogen and oxygen atoms in total. The molecule has 5 rings (SSSR count). The first-order valence-corrected chi connectivity index (χ1v) is 11.9. The van der Waals surface area contributed by atoms with Crippen molar-refractivity contribution in [3.63, 3.8) is 0 Å². The Morgan fingerprint density at radius 2 is 2.04 bits per heavy atom. The Morgan fingerprint density at radius 3 is 2.88 bits per heavy atom. The van der Waals surface area contributed by atoms with E-state index in [0.717, 1.165) is 34.9 Å². The average molecular weight is 401 g/mol. The average Bonchev–Trinajstić information content (AvgIpc) is 3.22. The van der Waals surface area contributed by atoms with E-state index in [-0.39, 0.29) is 5.56 Å². The van der Waals surface area contributed by atoms with Crippen LogP contribution < -0.4 is 5.56 Å². The van der Waals surface area contributed by atoms with Crippen molar-refractivity contribution in [3.05, 3.63) is 50.6 Å². The van der Waals surface area contributed by atoms with Crippen LogP contribution in [-0.2, 0) is 12.8 Å². The number of fused-ring (bicyclic) bond motifs is 5. The van der Waals surface area contributed by atoms with Gasteiger partial charge in [-0.2, -0.15) is 4.98 Å². The minimum absolute atomic E-state index is 0.00927. The van der Waals surface area contributed by atoms with Crippen molar-refractivity contribution in [1.29, 1.82) is 0 Å². The van der Waals surface area contributed by atoms with E-state index in [1.165, 1.54) is 38.6 Å². The summed E-state index contributed by atoms with van der Waals surface area (Å²) in [5.41, 5.74) is 2.58. The van der Waals surface area contributed by atoms with Gasteiger partial charge in [-0.3, -0.25) is 4.79 Å². The predicted octanol–water partition coefficient (Wildman–Crippen LogP) is 5.08. The molecule has 134 valence electrons. The van der Waals surface area contributed by atoms with E-state index in [1.807, 2.05) is 23.1 Å². The third-order valence-corrected chi connectivity index (χ3v) is 8.77. The van der Waals surface area contributed by atoms with Crippen molar-refractivity contribution in [2.75, 3.05) is 11.5 Å². The maximum Gasteiger partial charge on any atom is 0.282 e. The van der Waals surface area contributed by atoms with E-state index in [2.05, 4.69) is 40.7 Å². The predicted molar refractivity (Wildman–Crippen MR) is 112 cm³/mol. The molecular formula is C20H20N2OS3. The molecule has 0 radical (unpaired) electrons. The van der Waals surface area contributed by atoms with Crippen LogP contribution in [0.3, 0.4) is 0 Å². The molecule has 2 aromatic heterocycles. The van der Waals surface area contributed by atoms with Gasteiger partial charge in [0.15, 0.2) is 5.16 Å². The standard InChI is InChI=1S/C20H20N2OS3/c1-12-6-8-14(9-7-12)24-10-13-11-25-20-21-18(23)17-15-4-2-3-5-16(15)26-19(17)22(13)20/h6-9,13H,2-5,10-11H2,1H3/t13-/m0/s1. The summed E-state index contributed by atoms with van der Waals surface area (Å²) in [4.78, 5) is 21.0. The number of nitrogens with zero attached hydrogens (tertiary/aromatic N) is 2. The van der Waals surface area contributed by atoms with E-state index in [0.29, 0.717) is 6.04 Å². The summed E-state index contributed by atoms with van der Waals surface area (Å²) in [6.45, 7) is 2.12. The number of thioether (sulfide) groups is 2. The summed E-state index contributed by atoms with van der Waals surface area (Å²) in [5, 5.41) is 1.83. The van der Waals surface area contributed by atoms with Crippen LogP contribution in [0.2, 0.25) is 0 Å². The molecule has 0 N–H and O–H groups in total. The first-order valence-electron chi connectivity index (χ1n) is 9.10. The van der Waals surface area contributed by atoms with Crippen molar-refractivity contribution >= 4 is 45.1 Å². The molecule has 3 heterocycles. The fourth-order valence-corrected chi connectivity index (χ4v) is 7.62. The molecule has 26 heavy (non-hydrogen) atoms. The van der Waals surface area contributed by atoms with Crippen LogP contribution in [0.4, 0.5) is 0 Å². The molecule has 1 aromatic carbocycles. The van der Waals surface area contributed by atoms with Crippen molar-refractivity contribution in [1.82, 2.24) is 9.55 Å². The molecule has 0 fully saturated rings. The fraction of sp³-hybridized carbons (Fsp3) is 0.400. The second kappa shape index (κ2) is 6.73. The summed E-state index contributed by atoms with van der Waals surface area (Å²) >= 11 is 5.48. The molecular weight excluding hydrogens is 380 g/mol. The zero-order valence-electron chi connectivity index (χ0n) is 14.7. The van der Waals surface area contributed by atoms with Crippen LogP contribution >= 0.6 is 34.9 Å². The molecule has 0 saturated heterocycles. The van der Waals surface area contributed by atoms with Crippen molar-refractivity contribution in [2.24, 2.45) is 0 Å². The van der Waals surface area contributed by atoms with Crippen LogP contribution in [0.25, 0.3) is 10.2 Å². The lowest BCUT2D eigenvalue weighted by molar-refractivity contribution is 0.595. The van der Waals surface area contributed by atoms with Gasteiger partial charge in [-0.25, -0.2) is 0 Å². The molecule has 2 aliphatic rings. The lowest BCUT2D eigenvalue weighted by Gasteiger charge is -2.15. The van der Waals surface area contributed by atoms with Gasteiger partial charge in [0.1, 0.15) is 4.83 Å². The number of aromatic nitrogens is 2. The Kier molecular flexibility index (Phi) is 4.38. The van der Waals surface area contributed by atoms with E-state index in [9.17, 15) is 4.79 Å². The van der Waals surface area contributed by atoms with Crippen molar-refractivity contribution < 1.29 is 0 Å². The first-order chi connectivity index (χ1) is 12.7. The first kappa shape index (κ1) is 16.9. The highest BCUT2D eigenvalue weighted by atomic mass is 32.2. The van der Waals surface area contributed by atoms with Gasteiger partial charge >= 0.3 is 0 Å². The summed E-state index contributed by atoms with van der Waals surface area (Å²) < 4.78 is 2.37. The number of thiophene rings is 1.